The van der Waals surface area contributed by atoms with Crippen LogP contribution in [0.5, 0.6) is 0 Å². The third-order valence-corrected chi connectivity index (χ3v) is 7.03. The Morgan fingerprint density at radius 1 is 1.19 bits per heavy atom. The minimum Gasteiger partial charge on any atom is -0.442 e. The van der Waals surface area contributed by atoms with Gasteiger partial charge in [-0.25, -0.2) is 13.9 Å². The predicted octanol–water partition coefficient (Wildman–Crippen LogP) is 3.02. The highest BCUT2D eigenvalue weighted by Gasteiger charge is 2.40. The molecule has 0 aliphatic carbocycles. The number of carbonyl (C=O) groups excluding carboxylic acids is 2. The Labute approximate surface area is 243 Å². The molecule has 1 aromatic heterocycles. The first-order valence-electron chi connectivity index (χ1n) is 13.8. The molecule has 2 fully saturated rings. The van der Waals surface area contributed by atoms with Crippen molar-refractivity contribution >= 4 is 17.7 Å². The fourth-order valence-corrected chi connectivity index (χ4v) is 4.97. The largest absolute Gasteiger partial charge is 0.442 e. The summed E-state index contributed by atoms with van der Waals surface area (Å²) >= 11 is 0. The van der Waals surface area contributed by atoms with Crippen molar-refractivity contribution in [2.24, 2.45) is 7.05 Å². The van der Waals surface area contributed by atoms with Crippen LogP contribution in [0.2, 0.25) is 0 Å². The average Bonchev–Trinajstić information content (AvgIpc) is 3.50. The van der Waals surface area contributed by atoms with E-state index in [1.807, 2.05) is 45.0 Å². The Morgan fingerprint density at radius 3 is 2.55 bits per heavy atom. The van der Waals surface area contributed by atoms with E-state index in [1.54, 1.807) is 23.9 Å². The molecule has 2 aliphatic rings. The maximum Gasteiger partial charge on any atom is 0.414 e. The van der Waals surface area contributed by atoms with Crippen molar-refractivity contribution in [3.05, 3.63) is 59.7 Å². The summed E-state index contributed by atoms with van der Waals surface area (Å²) in [6.45, 7) is 9.39. The van der Waals surface area contributed by atoms with Gasteiger partial charge in [-0.1, -0.05) is 24.3 Å². The van der Waals surface area contributed by atoms with Gasteiger partial charge in [0.1, 0.15) is 24.3 Å². The number of aryl methyl sites for hydroxylation is 1. The molecule has 5 rings (SSSR count). The first-order chi connectivity index (χ1) is 20.0. The highest BCUT2D eigenvalue weighted by Crippen LogP contribution is 2.31. The molecule has 2 aliphatic heterocycles. The number of nitrogens with one attached hydrogen (secondary N) is 1. The lowest BCUT2D eigenvalue weighted by atomic mass is 10.0. The zero-order chi connectivity index (χ0) is 30.0. The van der Waals surface area contributed by atoms with Gasteiger partial charge in [0.25, 0.3) is 0 Å². The topological polar surface area (TPSA) is 124 Å². The van der Waals surface area contributed by atoms with E-state index in [4.69, 9.17) is 14.2 Å². The molecule has 0 bridgehead atoms. The van der Waals surface area contributed by atoms with Gasteiger partial charge in [0.2, 0.25) is 5.91 Å². The Kier molecular flexibility index (Phi) is 8.53. The van der Waals surface area contributed by atoms with Crippen molar-refractivity contribution < 1.29 is 28.2 Å². The molecule has 3 aromatic rings. The molecule has 42 heavy (non-hydrogen) atoms. The van der Waals surface area contributed by atoms with Crippen molar-refractivity contribution in [3.63, 3.8) is 0 Å². The van der Waals surface area contributed by atoms with Crippen LogP contribution in [0.25, 0.3) is 11.1 Å². The minimum atomic E-state index is -0.575. The van der Waals surface area contributed by atoms with Gasteiger partial charge in [-0.3, -0.25) is 14.6 Å². The maximum atomic E-state index is 15.3. The number of cyclic esters (lactones) is 1. The molecule has 224 valence electrons. The lowest BCUT2D eigenvalue weighted by Gasteiger charge is -2.45. The lowest BCUT2D eigenvalue weighted by molar-refractivity contribution is -0.273. The Bertz CT molecular complexity index is 1420. The highest BCUT2D eigenvalue weighted by molar-refractivity contribution is 5.90. The summed E-state index contributed by atoms with van der Waals surface area (Å²) in [6.07, 6.45) is -1.43. The summed E-state index contributed by atoms with van der Waals surface area (Å²) in [5, 5.41) is 14.5. The molecule has 1 N–H and O–H groups in total. The van der Waals surface area contributed by atoms with Gasteiger partial charge in [-0.2, -0.15) is 0 Å². The third kappa shape index (κ3) is 6.92. The van der Waals surface area contributed by atoms with E-state index in [-0.39, 0.29) is 36.9 Å². The number of carbonyl (C=O) groups is 2. The van der Waals surface area contributed by atoms with Gasteiger partial charge in [0.05, 0.1) is 37.5 Å². The summed E-state index contributed by atoms with van der Waals surface area (Å²) in [7, 11) is 1.80. The summed E-state index contributed by atoms with van der Waals surface area (Å²) in [6, 6.07) is 12.3. The molecule has 2 amide bonds. The number of amides is 2. The number of anilines is 1. The van der Waals surface area contributed by atoms with E-state index in [9.17, 15) is 9.59 Å². The monoisotopic (exact) mass is 581 g/mol. The fraction of sp³-hybridized carbons (Fsp3) is 0.483. The number of aromatic nitrogens is 4. The summed E-state index contributed by atoms with van der Waals surface area (Å²) in [4.78, 5) is 27.0. The molecule has 13 heteroatoms. The van der Waals surface area contributed by atoms with Crippen molar-refractivity contribution in [1.82, 2.24) is 30.4 Å². The second-order valence-electron chi connectivity index (χ2n) is 11.5. The molecule has 0 saturated carbocycles. The van der Waals surface area contributed by atoms with Crippen LogP contribution in [0.3, 0.4) is 0 Å². The molecule has 3 atom stereocenters. The van der Waals surface area contributed by atoms with E-state index >= 15 is 4.39 Å². The van der Waals surface area contributed by atoms with Crippen LogP contribution in [0.4, 0.5) is 14.9 Å². The fourth-order valence-electron chi connectivity index (χ4n) is 4.97. The molecule has 3 heterocycles. The normalized spacial score (nSPS) is 20.5. The standard InChI is InChI=1S/C29H36FN7O5/c1-18(38)31-13-22-15-37(28(39)41-22)21-10-11-23(24(30)12-21)20-8-6-19(7-9-20)14-36(16-26-32-33-34-35(26)5)27-25(17-40-27)42-29(2,3)4/h6-12,22,25,27H,13-17H2,1-5H3,(H,31,38)/t22-,25?,27?/m0/s1. The smallest absolute Gasteiger partial charge is 0.414 e. The van der Waals surface area contributed by atoms with E-state index in [0.29, 0.717) is 42.3 Å². The molecular weight excluding hydrogens is 545 g/mol. The number of ether oxygens (including phenoxy) is 3. The number of tetrazole rings is 1. The zero-order valence-electron chi connectivity index (χ0n) is 24.4. The van der Waals surface area contributed by atoms with Crippen LogP contribution in [0, 0.1) is 5.82 Å². The SMILES string of the molecule is CC(=O)NC[C@H]1CN(c2ccc(-c3ccc(CN(Cc4nnnn4C)C4OCC4OC(C)(C)C)cc3)c(F)c2)C(=O)O1. The Morgan fingerprint density at radius 2 is 1.95 bits per heavy atom. The molecule has 2 unspecified atom stereocenters. The number of benzene rings is 2. The minimum absolute atomic E-state index is 0.0911. The van der Waals surface area contributed by atoms with Crippen LogP contribution in [0.15, 0.2) is 42.5 Å². The van der Waals surface area contributed by atoms with Crippen LogP contribution < -0.4 is 10.2 Å². The van der Waals surface area contributed by atoms with Gasteiger partial charge in [-0.05, 0) is 60.5 Å². The molecule has 2 saturated heterocycles. The highest BCUT2D eigenvalue weighted by atomic mass is 19.1. The second kappa shape index (κ2) is 12.1. The quantitative estimate of drug-likeness (QED) is 0.385. The van der Waals surface area contributed by atoms with Gasteiger partial charge in [-0.15, -0.1) is 5.10 Å². The Hall–Kier alpha value is -3.94. The van der Waals surface area contributed by atoms with Crippen molar-refractivity contribution in [2.75, 3.05) is 24.6 Å². The molecular formula is C29H36FN7O5. The zero-order valence-corrected chi connectivity index (χ0v) is 24.4. The lowest BCUT2D eigenvalue weighted by Crippen LogP contribution is -2.58. The molecule has 12 nitrogen and oxygen atoms in total. The molecule has 0 radical (unpaired) electrons. The van der Waals surface area contributed by atoms with Crippen LogP contribution in [0.1, 0.15) is 39.1 Å². The first kappa shape index (κ1) is 29.5. The van der Waals surface area contributed by atoms with E-state index in [2.05, 4.69) is 25.7 Å². The number of nitrogens with zero attached hydrogens (tertiary/aromatic N) is 6. The van der Waals surface area contributed by atoms with E-state index < -0.39 is 18.0 Å². The van der Waals surface area contributed by atoms with Gasteiger partial charge < -0.3 is 19.5 Å². The van der Waals surface area contributed by atoms with E-state index in [1.165, 1.54) is 17.9 Å². The maximum absolute atomic E-state index is 15.3. The molecule has 2 aromatic carbocycles. The number of rotatable bonds is 10. The summed E-state index contributed by atoms with van der Waals surface area (Å²) in [5.41, 5.74) is 2.20. The second-order valence-corrected chi connectivity index (χ2v) is 11.5. The average molecular weight is 582 g/mol. The van der Waals surface area contributed by atoms with Gasteiger partial charge >= 0.3 is 6.09 Å². The number of hydrogen-bond donors (Lipinski definition) is 1. The predicted molar refractivity (Wildman–Crippen MR) is 151 cm³/mol. The third-order valence-electron chi connectivity index (χ3n) is 7.03. The van der Waals surface area contributed by atoms with Gasteiger partial charge in [0, 0.05) is 26.1 Å². The number of hydrogen-bond acceptors (Lipinski definition) is 9. The summed E-state index contributed by atoms with van der Waals surface area (Å²) in [5.74, 6) is 0.0263. The number of halogens is 1. The van der Waals surface area contributed by atoms with Gasteiger partial charge in [0.15, 0.2) is 5.82 Å². The van der Waals surface area contributed by atoms with E-state index in [0.717, 1.165) is 5.56 Å². The van der Waals surface area contributed by atoms with Crippen LogP contribution in [-0.4, -0.2) is 80.8 Å². The van der Waals surface area contributed by atoms with Crippen molar-refractivity contribution in [3.8, 4) is 11.1 Å². The van der Waals surface area contributed by atoms with Crippen LogP contribution >= 0.6 is 0 Å². The van der Waals surface area contributed by atoms with Crippen molar-refractivity contribution in [1.29, 1.82) is 0 Å². The Balaban J connectivity index is 1.28. The summed E-state index contributed by atoms with van der Waals surface area (Å²) < 4.78 is 34.3. The molecule has 0 spiro atoms. The van der Waals surface area contributed by atoms with Crippen LogP contribution in [-0.2, 0) is 39.1 Å². The van der Waals surface area contributed by atoms with Crippen molar-refractivity contribution in [2.45, 2.75) is 64.8 Å². The first-order valence-corrected chi connectivity index (χ1v) is 13.8.